The van der Waals surface area contributed by atoms with Crippen LogP contribution in [0.3, 0.4) is 0 Å². The fraction of sp³-hybridized carbons (Fsp3) is 0. The molecule has 0 aliphatic rings. The van der Waals surface area contributed by atoms with Crippen LogP contribution < -0.4 is 5.19 Å². The van der Waals surface area contributed by atoms with Gasteiger partial charge in [0.05, 0.1) is 0 Å². The van der Waals surface area contributed by atoms with Crippen molar-refractivity contribution in [2.75, 3.05) is 0 Å². The minimum Gasteiger partial charge on any atom is -0.0844 e. The molecule has 1 aromatic carbocycles. The second-order valence-corrected chi connectivity index (χ2v) is 2.88. The first-order valence-corrected chi connectivity index (χ1v) is 3.45. The Morgan fingerprint density at radius 2 is 2.12 bits per heavy atom. The second-order valence-electron chi connectivity index (χ2n) is 1.63. The highest BCUT2D eigenvalue weighted by Crippen LogP contribution is 2.01. The van der Waals surface area contributed by atoms with Gasteiger partial charge in [0.2, 0.25) is 0 Å². The zero-order chi connectivity index (χ0) is 5.98. The van der Waals surface area contributed by atoms with Crippen molar-refractivity contribution in [3.05, 3.63) is 29.3 Å². The Morgan fingerprint density at radius 3 is 2.50 bits per heavy atom. The smallest absolute Gasteiger partial charge is 0.0477 e. The third-order valence-corrected chi connectivity index (χ3v) is 1.56. The molecule has 1 radical (unpaired) electrons. The minimum atomic E-state index is 0.817. The Kier molecular flexibility index (Phi) is 1.71. The van der Waals surface area contributed by atoms with Crippen LogP contribution in [-0.2, 0) is 0 Å². The van der Waals surface area contributed by atoms with Crippen LogP contribution in [0.2, 0.25) is 5.02 Å². The Balaban J connectivity index is 3.08. The van der Waals surface area contributed by atoms with E-state index < -0.39 is 0 Å². The van der Waals surface area contributed by atoms with Gasteiger partial charge in [-0.3, -0.25) is 0 Å². The van der Waals surface area contributed by atoms with Crippen molar-refractivity contribution in [2.24, 2.45) is 0 Å². The van der Waals surface area contributed by atoms with Crippen molar-refractivity contribution < 1.29 is 0 Å². The molecule has 0 saturated heterocycles. The largest absolute Gasteiger partial charge is 0.0844 e. The fourth-order valence-electron chi connectivity index (χ4n) is 0.537. The molecule has 0 aliphatic heterocycles. The summed E-state index contributed by atoms with van der Waals surface area (Å²) < 4.78 is 0. The van der Waals surface area contributed by atoms with Gasteiger partial charge in [0.25, 0.3) is 0 Å². The van der Waals surface area contributed by atoms with Gasteiger partial charge in [-0.25, -0.2) is 0 Å². The molecule has 2 heteroatoms. The molecule has 0 nitrogen and oxygen atoms in total. The van der Waals surface area contributed by atoms with Crippen molar-refractivity contribution in [3.8, 4) is 0 Å². The first kappa shape index (κ1) is 5.86. The SMILES string of the molecule is [SiH2]c1cccc(Cl)c1. The highest BCUT2D eigenvalue weighted by molar-refractivity contribution is 6.36. The van der Waals surface area contributed by atoms with E-state index in [2.05, 4.69) is 0 Å². The van der Waals surface area contributed by atoms with Gasteiger partial charge < -0.3 is 0 Å². The van der Waals surface area contributed by atoms with Gasteiger partial charge in [-0.05, 0) is 12.1 Å². The van der Waals surface area contributed by atoms with Gasteiger partial charge in [0.1, 0.15) is 0 Å². The van der Waals surface area contributed by atoms with E-state index in [9.17, 15) is 0 Å². The molecule has 0 aromatic heterocycles. The number of hydrogen-bond donors (Lipinski definition) is 0. The van der Waals surface area contributed by atoms with Gasteiger partial charge in [0.15, 0.2) is 0 Å². The molecule has 0 aliphatic carbocycles. The standard InChI is InChI=1S/C6H6ClSi/c7-5-2-1-3-6(8)4-5/h1-4H,8H2. The molecule has 1 aromatic rings. The van der Waals surface area contributed by atoms with Crippen molar-refractivity contribution in [1.82, 2.24) is 0 Å². The summed E-state index contributed by atoms with van der Waals surface area (Å²) in [6.07, 6.45) is 0. The number of halogens is 1. The number of rotatable bonds is 0. The van der Waals surface area contributed by atoms with Crippen LogP contribution in [0, 0.1) is 0 Å². The fourth-order valence-corrected chi connectivity index (χ4v) is 1.24. The van der Waals surface area contributed by atoms with E-state index in [-0.39, 0.29) is 0 Å². The van der Waals surface area contributed by atoms with Gasteiger partial charge in [-0.15, -0.1) is 0 Å². The lowest BCUT2D eigenvalue weighted by molar-refractivity contribution is 1.77. The zero-order valence-electron chi connectivity index (χ0n) is 4.39. The highest BCUT2D eigenvalue weighted by atomic mass is 35.5. The van der Waals surface area contributed by atoms with Gasteiger partial charge in [-0.2, -0.15) is 0 Å². The number of benzene rings is 1. The minimum absolute atomic E-state index is 0.817. The molecule has 41 valence electrons. The van der Waals surface area contributed by atoms with Crippen LogP contribution in [0.1, 0.15) is 0 Å². The van der Waals surface area contributed by atoms with Crippen LogP contribution in [-0.4, -0.2) is 10.2 Å². The maximum atomic E-state index is 5.65. The monoisotopic (exact) mass is 141 g/mol. The molecule has 0 amide bonds. The van der Waals surface area contributed by atoms with Gasteiger partial charge in [-0.1, -0.05) is 28.9 Å². The molecule has 1 rings (SSSR count). The van der Waals surface area contributed by atoms with Crippen molar-refractivity contribution in [3.63, 3.8) is 0 Å². The normalized spacial score (nSPS) is 9.25. The predicted octanol–water partition coefficient (Wildman–Crippen LogP) is 0.598. The van der Waals surface area contributed by atoms with Gasteiger partial charge in [0, 0.05) is 15.3 Å². The van der Waals surface area contributed by atoms with E-state index >= 15 is 0 Å². The lowest BCUT2D eigenvalue weighted by Crippen LogP contribution is -1.98. The summed E-state index contributed by atoms with van der Waals surface area (Å²) in [5.74, 6) is 0. The van der Waals surface area contributed by atoms with E-state index in [1.807, 2.05) is 34.5 Å². The molecule has 0 saturated carbocycles. The first-order chi connectivity index (χ1) is 3.79. The molecular weight excluding hydrogens is 136 g/mol. The van der Waals surface area contributed by atoms with Crippen molar-refractivity contribution >= 4 is 27.0 Å². The van der Waals surface area contributed by atoms with E-state index in [0.717, 1.165) is 5.02 Å². The van der Waals surface area contributed by atoms with Crippen LogP contribution in [0.5, 0.6) is 0 Å². The predicted molar refractivity (Wildman–Crippen MR) is 39.6 cm³/mol. The molecule has 0 spiro atoms. The maximum absolute atomic E-state index is 5.65. The zero-order valence-corrected chi connectivity index (χ0v) is 6.56. The molecular formula is C6H6ClSi. The molecule has 0 fully saturated rings. The van der Waals surface area contributed by atoms with Crippen LogP contribution in [0.25, 0.3) is 0 Å². The summed E-state index contributed by atoms with van der Waals surface area (Å²) >= 11 is 5.65. The molecule has 0 atom stereocenters. The summed E-state index contributed by atoms with van der Waals surface area (Å²) in [5.41, 5.74) is 0. The van der Waals surface area contributed by atoms with E-state index in [1.54, 1.807) is 0 Å². The summed E-state index contributed by atoms with van der Waals surface area (Å²) in [6, 6.07) is 7.80. The molecule has 0 bridgehead atoms. The van der Waals surface area contributed by atoms with Crippen LogP contribution >= 0.6 is 11.6 Å². The van der Waals surface area contributed by atoms with E-state index in [0.29, 0.717) is 0 Å². The van der Waals surface area contributed by atoms with Crippen LogP contribution in [0.15, 0.2) is 24.3 Å². The van der Waals surface area contributed by atoms with Gasteiger partial charge >= 0.3 is 0 Å². The Labute approximate surface area is 56.9 Å². The molecule has 8 heavy (non-hydrogen) atoms. The molecule has 0 heterocycles. The van der Waals surface area contributed by atoms with Crippen molar-refractivity contribution in [1.29, 1.82) is 0 Å². The molecule has 0 unspecified atom stereocenters. The van der Waals surface area contributed by atoms with Crippen LogP contribution in [0.4, 0.5) is 0 Å². The Morgan fingerprint density at radius 1 is 1.38 bits per heavy atom. The summed E-state index contributed by atoms with van der Waals surface area (Å²) in [4.78, 5) is 0. The lowest BCUT2D eigenvalue weighted by Gasteiger charge is -1.88. The summed E-state index contributed by atoms with van der Waals surface area (Å²) in [6.45, 7) is 0. The van der Waals surface area contributed by atoms with Crippen molar-refractivity contribution in [2.45, 2.75) is 0 Å². The number of hydrogen-bond acceptors (Lipinski definition) is 0. The van der Waals surface area contributed by atoms with E-state index in [4.69, 9.17) is 11.6 Å². The first-order valence-electron chi connectivity index (χ1n) is 2.36. The topological polar surface area (TPSA) is 0 Å². The summed E-state index contributed by atoms with van der Waals surface area (Å²) in [5, 5.41) is 2.05. The lowest BCUT2D eigenvalue weighted by atomic mass is 10.4. The summed E-state index contributed by atoms with van der Waals surface area (Å²) in [7, 11) is 1.83. The Hall–Kier alpha value is -0.273. The second kappa shape index (κ2) is 2.33. The highest BCUT2D eigenvalue weighted by Gasteiger charge is 1.82. The average Bonchev–Trinajstić information content (AvgIpc) is 1.64. The maximum Gasteiger partial charge on any atom is 0.0477 e. The third kappa shape index (κ3) is 1.35. The quantitative estimate of drug-likeness (QED) is 0.465. The van der Waals surface area contributed by atoms with E-state index in [1.165, 1.54) is 5.19 Å². The average molecular weight is 142 g/mol. The molecule has 0 N–H and O–H groups in total. The Bertz CT molecular complexity index is 168. The third-order valence-electron chi connectivity index (χ3n) is 0.889.